The smallest absolute Gasteiger partial charge is 0.324 e. The number of rotatable bonds is 4. The van der Waals surface area contributed by atoms with Crippen LogP contribution in [0.2, 0.25) is 0 Å². The summed E-state index contributed by atoms with van der Waals surface area (Å²) in [4.78, 5) is 26.0. The first-order valence-corrected chi connectivity index (χ1v) is 7.20. The minimum Gasteiger partial charge on any atom is -0.324 e. The molecular formula is C16H23N3O2. The van der Waals surface area contributed by atoms with E-state index in [2.05, 4.69) is 12.2 Å². The maximum Gasteiger partial charge on any atom is 0.325 e. The molecule has 1 aliphatic heterocycles. The van der Waals surface area contributed by atoms with E-state index in [-0.39, 0.29) is 18.5 Å². The molecule has 0 spiro atoms. The summed E-state index contributed by atoms with van der Waals surface area (Å²) in [5.41, 5.74) is 6.27. The van der Waals surface area contributed by atoms with Crippen LogP contribution in [0, 0.1) is 0 Å². The van der Waals surface area contributed by atoms with Crippen molar-refractivity contribution < 1.29 is 9.59 Å². The number of benzene rings is 1. The van der Waals surface area contributed by atoms with Gasteiger partial charge in [-0.15, -0.1) is 0 Å². The Bertz CT molecular complexity index is 560. The van der Waals surface area contributed by atoms with Gasteiger partial charge in [-0.2, -0.15) is 0 Å². The number of amides is 3. The molecule has 0 radical (unpaired) electrons. The quantitative estimate of drug-likeness (QED) is 0.829. The average molecular weight is 289 g/mol. The number of hydrogen-bond acceptors (Lipinski definition) is 3. The van der Waals surface area contributed by atoms with Gasteiger partial charge in [0.25, 0.3) is 5.91 Å². The van der Waals surface area contributed by atoms with Gasteiger partial charge in [-0.1, -0.05) is 31.2 Å². The largest absolute Gasteiger partial charge is 0.325 e. The Morgan fingerprint density at radius 3 is 2.29 bits per heavy atom. The van der Waals surface area contributed by atoms with Crippen LogP contribution in [0.15, 0.2) is 24.3 Å². The fourth-order valence-corrected chi connectivity index (χ4v) is 2.52. The summed E-state index contributed by atoms with van der Waals surface area (Å²) in [7, 11) is 0. The fourth-order valence-electron chi connectivity index (χ4n) is 2.52. The van der Waals surface area contributed by atoms with Crippen LogP contribution in [0.25, 0.3) is 0 Å². The normalized spacial score (nSPS) is 22.6. The number of imide groups is 1. The van der Waals surface area contributed by atoms with Crippen molar-refractivity contribution in [3.63, 3.8) is 0 Å². The number of urea groups is 1. The lowest BCUT2D eigenvalue weighted by Crippen LogP contribution is -2.48. The monoisotopic (exact) mass is 289 g/mol. The van der Waals surface area contributed by atoms with E-state index in [9.17, 15) is 9.59 Å². The molecule has 5 heteroatoms. The van der Waals surface area contributed by atoms with Crippen molar-refractivity contribution in [2.75, 3.05) is 6.54 Å². The molecule has 1 aromatic rings. The van der Waals surface area contributed by atoms with Gasteiger partial charge in [-0.25, -0.2) is 4.79 Å². The summed E-state index contributed by atoms with van der Waals surface area (Å²) in [6.07, 6.45) is 0.935. The minimum absolute atomic E-state index is 0.195. The Labute approximate surface area is 125 Å². The predicted molar refractivity (Wildman–Crippen MR) is 81.7 cm³/mol. The summed E-state index contributed by atoms with van der Waals surface area (Å²) in [6.45, 7) is 7.58. The molecule has 1 saturated heterocycles. The van der Waals surface area contributed by atoms with E-state index < -0.39 is 11.1 Å². The summed E-state index contributed by atoms with van der Waals surface area (Å²) in [5.74, 6) is -0.254. The Hall–Kier alpha value is -1.88. The highest BCUT2D eigenvalue weighted by atomic mass is 16.2. The van der Waals surface area contributed by atoms with Crippen molar-refractivity contribution in [3.8, 4) is 0 Å². The first kappa shape index (κ1) is 15.5. The highest BCUT2D eigenvalue weighted by Crippen LogP contribution is 2.29. The summed E-state index contributed by atoms with van der Waals surface area (Å²) < 4.78 is 0. The van der Waals surface area contributed by atoms with Crippen LogP contribution >= 0.6 is 0 Å². The van der Waals surface area contributed by atoms with Crippen LogP contribution in [0.1, 0.15) is 38.8 Å². The van der Waals surface area contributed by atoms with Crippen LogP contribution < -0.4 is 11.1 Å². The topological polar surface area (TPSA) is 75.4 Å². The Morgan fingerprint density at radius 2 is 1.81 bits per heavy atom. The van der Waals surface area contributed by atoms with Gasteiger partial charge >= 0.3 is 6.03 Å². The fraction of sp³-hybridized carbons (Fsp3) is 0.500. The molecule has 1 aliphatic rings. The molecule has 0 aliphatic carbocycles. The SMILES string of the molecule is CCc1ccc(C2(C)NC(=O)N(CC(C)(C)N)C2=O)cc1. The maximum atomic E-state index is 12.7. The predicted octanol–water partition coefficient (Wildman–Crippen LogP) is 1.75. The number of carbonyl (C=O) groups excluding carboxylic acids is 2. The lowest BCUT2D eigenvalue weighted by atomic mass is 9.91. The first-order valence-electron chi connectivity index (χ1n) is 7.20. The van der Waals surface area contributed by atoms with E-state index in [1.54, 1.807) is 20.8 Å². The van der Waals surface area contributed by atoms with Crippen molar-refractivity contribution in [2.45, 2.75) is 45.2 Å². The third kappa shape index (κ3) is 2.93. The average Bonchev–Trinajstić information content (AvgIpc) is 2.62. The molecule has 3 amide bonds. The van der Waals surface area contributed by atoms with Crippen LogP contribution in [0.3, 0.4) is 0 Å². The van der Waals surface area contributed by atoms with E-state index in [0.717, 1.165) is 12.0 Å². The summed E-state index contributed by atoms with van der Waals surface area (Å²) in [5, 5.41) is 2.79. The number of nitrogens with two attached hydrogens (primary N) is 1. The molecular weight excluding hydrogens is 266 g/mol. The second kappa shape index (κ2) is 5.15. The van der Waals surface area contributed by atoms with Gasteiger partial charge in [0.1, 0.15) is 5.54 Å². The Kier molecular flexibility index (Phi) is 3.80. The van der Waals surface area contributed by atoms with E-state index in [1.165, 1.54) is 10.5 Å². The van der Waals surface area contributed by atoms with E-state index in [4.69, 9.17) is 5.73 Å². The molecule has 5 nitrogen and oxygen atoms in total. The van der Waals surface area contributed by atoms with Gasteiger partial charge < -0.3 is 11.1 Å². The number of aryl methyl sites for hydroxylation is 1. The van der Waals surface area contributed by atoms with Crippen molar-refractivity contribution in [1.29, 1.82) is 0 Å². The zero-order valence-electron chi connectivity index (χ0n) is 13.1. The van der Waals surface area contributed by atoms with Crippen molar-refractivity contribution in [2.24, 2.45) is 5.73 Å². The number of hydrogen-bond donors (Lipinski definition) is 2. The van der Waals surface area contributed by atoms with E-state index in [1.807, 2.05) is 24.3 Å². The number of nitrogens with zero attached hydrogens (tertiary/aromatic N) is 1. The number of carbonyl (C=O) groups is 2. The molecule has 2 rings (SSSR count). The lowest BCUT2D eigenvalue weighted by Gasteiger charge is -2.26. The van der Waals surface area contributed by atoms with Gasteiger partial charge in [-0.3, -0.25) is 9.69 Å². The van der Waals surface area contributed by atoms with Crippen LogP contribution in [-0.2, 0) is 16.8 Å². The third-order valence-corrected chi connectivity index (χ3v) is 3.78. The molecule has 1 fully saturated rings. The zero-order valence-corrected chi connectivity index (χ0v) is 13.1. The standard InChI is InChI=1S/C16H23N3O2/c1-5-11-6-8-12(9-7-11)16(4)13(20)19(14(21)18-16)10-15(2,3)17/h6-9H,5,10,17H2,1-4H3,(H,18,21). The molecule has 1 unspecified atom stereocenters. The van der Waals surface area contributed by atoms with Crippen molar-refractivity contribution in [1.82, 2.24) is 10.2 Å². The lowest BCUT2D eigenvalue weighted by molar-refractivity contribution is -0.131. The van der Waals surface area contributed by atoms with Gasteiger partial charge in [0.15, 0.2) is 0 Å². The van der Waals surface area contributed by atoms with Crippen LogP contribution in [-0.4, -0.2) is 28.9 Å². The molecule has 0 bridgehead atoms. The number of nitrogens with one attached hydrogen (secondary N) is 1. The highest BCUT2D eigenvalue weighted by Gasteiger charge is 2.49. The molecule has 1 atom stereocenters. The minimum atomic E-state index is -1.02. The first-order chi connectivity index (χ1) is 9.67. The molecule has 114 valence electrons. The molecule has 1 heterocycles. The summed E-state index contributed by atoms with van der Waals surface area (Å²) in [6, 6.07) is 7.37. The zero-order chi connectivity index (χ0) is 15.8. The summed E-state index contributed by atoms with van der Waals surface area (Å²) >= 11 is 0. The third-order valence-electron chi connectivity index (χ3n) is 3.78. The second-order valence-electron chi connectivity index (χ2n) is 6.49. The maximum absolute atomic E-state index is 12.7. The van der Waals surface area contributed by atoms with E-state index >= 15 is 0 Å². The van der Waals surface area contributed by atoms with Gasteiger partial charge in [0, 0.05) is 12.1 Å². The molecule has 0 saturated carbocycles. The van der Waals surface area contributed by atoms with Gasteiger partial charge in [0.2, 0.25) is 0 Å². The molecule has 21 heavy (non-hydrogen) atoms. The van der Waals surface area contributed by atoms with Gasteiger partial charge in [0.05, 0.1) is 0 Å². The van der Waals surface area contributed by atoms with Crippen molar-refractivity contribution in [3.05, 3.63) is 35.4 Å². The molecule has 3 N–H and O–H groups in total. The second-order valence-corrected chi connectivity index (χ2v) is 6.49. The van der Waals surface area contributed by atoms with Crippen LogP contribution in [0.5, 0.6) is 0 Å². The Balaban J connectivity index is 2.30. The highest BCUT2D eigenvalue weighted by molar-refractivity contribution is 6.07. The Morgan fingerprint density at radius 1 is 1.24 bits per heavy atom. The van der Waals surface area contributed by atoms with Gasteiger partial charge in [-0.05, 0) is 38.3 Å². The van der Waals surface area contributed by atoms with E-state index in [0.29, 0.717) is 0 Å². The van der Waals surface area contributed by atoms with Crippen LogP contribution in [0.4, 0.5) is 4.79 Å². The van der Waals surface area contributed by atoms with Crippen molar-refractivity contribution >= 4 is 11.9 Å². The molecule has 0 aromatic heterocycles. The molecule has 1 aromatic carbocycles.